The van der Waals surface area contributed by atoms with E-state index < -0.39 is 0 Å². The predicted molar refractivity (Wildman–Crippen MR) is 74.9 cm³/mol. The molecule has 1 aromatic carbocycles. The smallest absolute Gasteiger partial charge is 0.119 e. The van der Waals surface area contributed by atoms with Crippen molar-refractivity contribution >= 4 is 0 Å². The predicted octanol–water partition coefficient (Wildman–Crippen LogP) is 2.32. The quantitative estimate of drug-likeness (QED) is 0.782. The van der Waals surface area contributed by atoms with Gasteiger partial charge in [0.05, 0.1) is 7.11 Å². The number of hydrogen-bond acceptors (Lipinski definition) is 3. The zero-order valence-electron chi connectivity index (χ0n) is 11.6. The topological polar surface area (TPSA) is 55.5 Å². The molecule has 0 heterocycles. The molecule has 0 aliphatic carbocycles. The minimum atomic E-state index is -0.169. The third-order valence-electron chi connectivity index (χ3n) is 3.92. The Balaban J connectivity index is 3.22. The van der Waals surface area contributed by atoms with Crippen molar-refractivity contribution < 1.29 is 9.84 Å². The third-order valence-corrected chi connectivity index (χ3v) is 3.92. The van der Waals surface area contributed by atoms with Gasteiger partial charge in [0.15, 0.2) is 0 Å². The minimum Gasteiger partial charge on any atom is -0.497 e. The largest absolute Gasteiger partial charge is 0.497 e. The summed E-state index contributed by atoms with van der Waals surface area (Å²) in [6.07, 6.45) is 2.01. The number of nitrogens with two attached hydrogens (primary N) is 1. The second-order valence-corrected chi connectivity index (χ2v) is 4.93. The summed E-state index contributed by atoms with van der Waals surface area (Å²) < 4.78 is 5.28. The maximum Gasteiger partial charge on any atom is 0.119 e. The van der Waals surface area contributed by atoms with Crippen LogP contribution in [0.15, 0.2) is 24.3 Å². The molecule has 0 fully saturated rings. The van der Waals surface area contributed by atoms with Gasteiger partial charge in [-0.25, -0.2) is 0 Å². The highest BCUT2D eigenvalue weighted by Gasteiger charge is 2.35. The Hall–Kier alpha value is -1.06. The van der Waals surface area contributed by atoms with Crippen LogP contribution in [0.1, 0.15) is 32.3 Å². The average molecular weight is 251 g/mol. The number of aliphatic hydroxyl groups excluding tert-OH is 1. The standard InChI is InChI=1S/C15H25NO2/c1-4-8-15(11-16,12(2)10-17)13-6-5-7-14(9-13)18-3/h5-7,9,12,17H,4,8,10-11,16H2,1-3H3/t12-,15-/m0/s1. The maximum atomic E-state index is 9.53. The molecule has 0 aliphatic heterocycles. The molecule has 2 atom stereocenters. The Morgan fingerprint density at radius 1 is 1.44 bits per heavy atom. The summed E-state index contributed by atoms with van der Waals surface area (Å²) in [6, 6.07) is 8.03. The van der Waals surface area contributed by atoms with E-state index in [0.717, 1.165) is 24.2 Å². The fraction of sp³-hybridized carbons (Fsp3) is 0.600. The molecule has 0 bridgehead atoms. The summed E-state index contributed by atoms with van der Waals surface area (Å²) in [7, 11) is 1.67. The second kappa shape index (κ2) is 6.76. The van der Waals surface area contributed by atoms with E-state index >= 15 is 0 Å². The van der Waals surface area contributed by atoms with Crippen molar-refractivity contribution in [3.05, 3.63) is 29.8 Å². The van der Waals surface area contributed by atoms with Gasteiger partial charge in [-0.15, -0.1) is 0 Å². The number of ether oxygens (including phenoxy) is 1. The Bertz CT molecular complexity index is 367. The molecule has 0 saturated carbocycles. The molecule has 0 saturated heterocycles. The average Bonchev–Trinajstić information content (AvgIpc) is 2.44. The number of methoxy groups -OCH3 is 1. The van der Waals surface area contributed by atoms with Crippen molar-refractivity contribution in [3.8, 4) is 5.75 Å². The van der Waals surface area contributed by atoms with Crippen LogP contribution in [0.2, 0.25) is 0 Å². The summed E-state index contributed by atoms with van der Waals surface area (Å²) in [5.41, 5.74) is 7.03. The molecule has 0 unspecified atom stereocenters. The number of rotatable bonds is 7. The van der Waals surface area contributed by atoms with E-state index in [0.29, 0.717) is 6.54 Å². The SMILES string of the molecule is CCC[C@@](CN)(c1cccc(OC)c1)[C@@H](C)CO. The Morgan fingerprint density at radius 2 is 2.17 bits per heavy atom. The van der Waals surface area contributed by atoms with Crippen molar-refractivity contribution in [3.63, 3.8) is 0 Å². The van der Waals surface area contributed by atoms with E-state index in [2.05, 4.69) is 19.9 Å². The van der Waals surface area contributed by atoms with Gasteiger partial charge in [0.1, 0.15) is 5.75 Å². The van der Waals surface area contributed by atoms with Gasteiger partial charge in [0.25, 0.3) is 0 Å². The van der Waals surface area contributed by atoms with Gasteiger partial charge in [0, 0.05) is 18.6 Å². The molecule has 102 valence electrons. The summed E-state index contributed by atoms with van der Waals surface area (Å²) in [5.74, 6) is 0.973. The molecule has 3 N–H and O–H groups in total. The second-order valence-electron chi connectivity index (χ2n) is 4.93. The van der Waals surface area contributed by atoms with E-state index in [1.54, 1.807) is 7.11 Å². The van der Waals surface area contributed by atoms with E-state index in [1.165, 1.54) is 0 Å². The highest BCUT2D eigenvalue weighted by molar-refractivity contribution is 5.35. The van der Waals surface area contributed by atoms with Crippen LogP contribution in [0.3, 0.4) is 0 Å². The summed E-state index contributed by atoms with van der Waals surface area (Å²) in [6.45, 7) is 4.89. The first kappa shape index (κ1) is 15.0. The van der Waals surface area contributed by atoms with E-state index in [1.807, 2.05) is 18.2 Å². The normalized spacial score (nSPS) is 16.1. The molecule has 18 heavy (non-hydrogen) atoms. The number of aliphatic hydroxyl groups is 1. The van der Waals surface area contributed by atoms with Gasteiger partial charge in [0.2, 0.25) is 0 Å². The molecule has 3 nitrogen and oxygen atoms in total. The fourth-order valence-corrected chi connectivity index (χ4v) is 2.65. The molecule has 1 aromatic rings. The van der Waals surface area contributed by atoms with Crippen molar-refractivity contribution in [2.75, 3.05) is 20.3 Å². The van der Waals surface area contributed by atoms with Crippen LogP contribution in [0.5, 0.6) is 5.75 Å². The van der Waals surface area contributed by atoms with E-state index in [9.17, 15) is 5.11 Å². The Kier molecular flexibility index (Phi) is 5.63. The first-order valence-electron chi connectivity index (χ1n) is 6.60. The molecule has 0 aliphatic rings. The van der Waals surface area contributed by atoms with Crippen LogP contribution in [0.25, 0.3) is 0 Å². The van der Waals surface area contributed by atoms with Crippen LogP contribution in [0, 0.1) is 5.92 Å². The van der Waals surface area contributed by atoms with Crippen LogP contribution < -0.4 is 10.5 Å². The van der Waals surface area contributed by atoms with Crippen LogP contribution >= 0.6 is 0 Å². The van der Waals surface area contributed by atoms with Crippen molar-refractivity contribution in [1.82, 2.24) is 0 Å². The third kappa shape index (κ3) is 2.85. The lowest BCUT2D eigenvalue weighted by Crippen LogP contribution is -2.42. The maximum absolute atomic E-state index is 9.53. The van der Waals surface area contributed by atoms with Crippen LogP contribution in [0.4, 0.5) is 0 Å². The number of hydrogen-bond donors (Lipinski definition) is 2. The van der Waals surface area contributed by atoms with Crippen LogP contribution in [-0.4, -0.2) is 25.4 Å². The zero-order chi connectivity index (χ0) is 13.6. The summed E-state index contributed by atoms with van der Waals surface area (Å²) >= 11 is 0. The zero-order valence-corrected chi connectivity index (χ0v) is 11.6. The molecule has 3 heteroatoms. The van der Waals surface area contributed by atoms with Gasteiger partial charge >= 0.3 is 0 Å². The minimum absolute atomic E-state index is 0.134. The first-order valence-corrected chi connectivity index (χ1v) is 6.60. The fourth-order valence-electron chi connectivity index (χ4n) is 2.65. The molecular formula is C15H25NO2. The lowest BCUT2D eigenvalue weighted by molar-refractivity contribution is 0.156. The molecular weight excluding hydrogens is 226 g/mol. The van der Waals surface area contributed by atoms with Crippen LogP contribution in [-0.2, 0) is 5.41 Å². The van der Waals surface area contributed by atoms with Crippen molar-refractivity contribution in [2.24, 2.45) is 11.7 Å². The Morgan fingerprint density at radius 3 is 2.67 bits per heavy atom. The molecule has 0 spiro atoms. The van der Waals surface area contributed by atoms with Crippen molar-refractivity contribution in [1.29, 1.82) is 0 Å². The van der Waals surface area contributed by atoms with Crippen molar-refractivity contribution in [2.45, 2.75) is 32.1 Å². The summed E-state index contributed by atoms with van der Waals surface area (Å²) in [5, 5.41) is 9.53. The molecule has 0 radical (unpaired) electrons. The lowest BCUT2D eigenvalue weighted by Gasteiger charge is -2.38. The summed E-state index contributed by atoms with van der Waals surface area (Å²) in [4.78, 5) is 0. The monoisotopic (exact) mass is 251 g/mol. The highest BCUT2D eigenvalue weighted by atomic mass is 16.5. The van der Waals surface area contributed by atoms with Gasteiger partial charge in [-0.05, 0) is 30.0 Å². The molecule has 0 aromatic heterocycles. The first-order chi connectivity index (χ1) is 8.64. The molecule has 0 amide bonds. The van der Waals surface area contributed by atoms with E-state index in [4.69, 9.17) is 10.5 Å². The van der Waals surface area contributed by atoms with Gasteiger partial charge in [-0.3, -0.25) is 0 Å². The van der Waals surface area contributed by atoms with Gasteiger partial charge < -0.3 is 15.6 Å². The van der Waals surface area contributed by atoms with Gasteiger partial charge in [-0.2, -0.15) is 0 Å². The Labute approximate surface area is 110 Å². The van der Waals surface area contributed by atoms with Gasteiger partial charge in [-0.1, -0.05) is 32.4 Å². The molecule has 1 rings (SSSR count). The van der Waals surface area contributed by atoms with E-state index in [-0.39, 0.29) is 17.9 Å². The highest BCUT2D eigenvalue weighted by Crippen LogP contribution is 2.37. The lowest BCUT2D eigenvalue weighted by atomic mass is 9.68. The number of benzene rings is 1.